The Morgan fingerprint density at radius 2 is 2.41 bits per heavy atom. The van der Waals surface area contributed by atoms with Gasteiger partial charge in [0, 0.05) is 45.1 Å². The molecule has 1 aliphatic rings. The van der Waals surface area contributed by atoms with Crippen LogP contribution in [0.15, 0.2) is 12.4 Å². The Labute approximate surface area is 104 Å². The van der Waals surface area contributed by atoms with E-state index in [1.165, 1.54) is 6.42 Å². The molecule has 1 aromatic rings. The number of aromatic nitrogens is 2. The van der Waals surface area contributed by atoms with Crippen molar-refractivity contribution in [1.29, 1.82) is 0 Å². The summed E-state index contributed by atoms with van der Waals surface area (Å²) in [6.45, 7) is 8.94. The van der Waals surface area contributed by atoms with Crippen molar-refractivity contribution in [3.05, 3.63) is 18.2 Å². The van der Waals surface area contributed by atoms with Crippen LogP contribution in [-0.4, -0.2) is 40.1 Å². The zero-order valence-corrected chi connectivity index (χ0v) is 11.2. The number of rotatable bonds is 4. The van der Waals surface area contributed by atoms with Gasteiger partial charge in [0.2, 0.25) is 0 Å². The van der Waals surface area contributed by atoms with Gasteiger partial charge in [0.15, 0.2) is 0 Å². The van der Waals surface area contributed by atoms with Crippen molar-refractivity contribution in [3.63, 3.8) is 0 Å². The van der Waals surface area contributed by atoms with Gasteiger partial charge in [0.05, 0.1) is 6.54 Å². The van der Waals surface area contributed by atoms with Crippen molar-refractivity contribution < 1.29 is 0 Å². The van der Waals surface area contributed by atoms with E-state index in [-0.39, 0.29) is 0 Å². The maximum Gasteiger partial charge on any atom is 0.122 e. The molecule has 2 unspecified atom stereocenters. The third kappa shape index (κ3) is 3.07. The summed E-state index contributed by atoms with van der Waals surface area (Å²) in [6, 6.07) is 0.633. The number of piperazine rings is 1. The first-order valence-electron chi connectivity index (χ1n) is 6.62. The predicted molar refractivity (Wildman–Crippen MR) is 69.7 cm³/mol. The van der Waals surface area contributed by atoms with E-state index in [2.05, 4.69) is 40.7 Å². The monoisotopic (exact) mass is 236 g/mol. The summed E-state index contributed by atoms with van der Waals surface area (Å²) in [6.07, 6.45) is 5.14. The van der Waals surface area contributed by atoms with Crippen LogP contribution in [-0.2, 0) is 13.6 Å². The molecule has 2 heterocycles. The molecule has 0 saturated carbocycles. The summed E-state index contributed by atoms with van der Waals surface area (Å²) in [4.78, 5) is 6.91. The highest BCUT2D eigenvalue weighted by molar-refractivity contribution is 4.93. The summed E-state index contributed by atoms with van der Waals surface area (Å²) in [5.74, 6) is 1.91. The van der Waals surface area contributed by atoms with Crippen molar-refractivity contribution in [2.75, 3.05) is 19.6 Å². The fraction of sp³-hybridized carbons (Fsp3) is 0.769. The molecule has 0 radical (unpaired) electrons. The Bertz CT molecular complexity index is 347. The Morgan fingerprint density at radius 1 is 1.59 bits per heavy atom. The van der Waals surface area contributed by atoms with Crippen molar-refractivity contribution in [1.82, 2.24) is 19.8 Å². The normalized spacial score (nSPS) is 23.8. The number of imidazole rings is 1. The smallest absolute Gasteiger partial charge is 0.122 e. The standard InChI is InChI=1S/C13H24N4/c1-4-11(2)12-9-17(8-6-14-12)10-13-15-5-7-16(13)3/h5,7,11-12,14H,4,6,8-10H2,1-3H3. The predicted octanol–water partition coefficient (Wildman–Crippen LogP) is 1.24. The maximum atomic E-state index is 4.40. The highest BCUT2D eigenvalue weighted by Crippen LogP contribution is 2.13. The average Bonchev–Trinajstić information content (AvgIpc) is 2.74. The van der Waals surface area contributed by atoms with Gasteiger partial charge in [-0.05, 0) is 5.92 Å². The van der Waals surface area contributed by atoms with Crippen LogP contribution in [0, 0.1) is 5.92 Å². The molecule has 0 aromatic carbocycles. The Kier molecular flexibility index (Phi) is 4.18. The van der Waals surface area contributed by atoms with Crippen LogP contribution in [0.25, 0.3) is 0 Å². The Balaban J connectivity index is 1.91. The van der Waals surface area contributed by atoms with E-state index in [9.17, 15) is 0 Å². The first-order chi connectivity index (χ1) is 8.20. The molecule has 1 N–H and O–H groups in total. The van der Waals surface area contributed by atoms with Crippen LogP contribution in [0.3, 0.4) is 0 Å². The largest absolute Gasteiger partial charge is 0.337 e. The van der Waals surface area contributed by atoms with Crippen LogP contribution in [0.2, 0.25) is 0 Å². The lowest BCUT2D eigenvalue weighted by molar-refractivity contribution is 0.158. The first-order valence-corrected chi connectivity index (χ1v) is 6.62. The van der Waals surface area contributed by atoms with Gasteiger partial charge in [-0.25, -0.2) is 4.98 Å². The molecule has 0 spiro atoms. The van der Waals surface area contributed by atoms with Crippen LogP contribution in [0.4, 0.5) is 0 Å². The second-order valence-electron chi connectivity index (χ2n) is 5.14. The van der Waals surface area contributed by atoms with Crippen LogP contribution < -0.4 is 5.32 Å². The molecule has 0 aliphatic carbocycles. The van der Waals surface area contributed by atoms with Crippen molar-refractivity contribution in [2.45, 2.75) is 32.9 Å². The molecule has 4 nitrogen and oxygen atoms in total. The average molecular weight is 236 g/mol. The molecule has 96 valence electrons. The third-order valence-electron chi connectivity index (χ3n) is 3.91. The minimum Gasteiger partial charge on any atom is -0.337 e. The molecule has 1 aromatic heterocycles. The molecule has 1 fully saturated rings. The molecule has 0 amide bonds. The lowest BCUT2D eigenvalue weighted by atomic mass is 9.97. The van der Waals surface area contributed by atoms with Gasteiger partial charge < -0.3 is 9.88 Å². The lowest BCUT2D eigenvalue weighted by Gasteiger charge is -2.36. The van der Waals surface area contributed by atoms with E-state index in [1.807, 2.05) is 12.4 Å². The molecule has 4 heteroatoms. The molecular weight excluding hydrogens is 212 g/mol. The Morgan fingerprint density at radius 3 is 3.06 bits per heavy atom. The first kappa shape index (κ1) is 12.6. The van der Waals surface area contributed by atoms with Gasteiger partial charge >= 0.3 is 0 Å². The molecular formula is C13H24N4. The minimum atomic E-state index is 0.633. The van der Waals surface area contributed by atoms with Crippen LogP contribution in [0.5, 0.6) is 0 Å². The fourth-order valence-corrected chi connectivity index (χ4v) is 2.40. The van der Waals surface area contributed by atoms with Crippen molar-refractivity contribution in [3.8, 4) is 0 Å². The van der Waals surface area contributed by atoms with E-state index < -0.39 is 0 Å². The molecule has 0 bridgehead atoms. The summed E-state index contributed by atoms with van der Waals surface area (Å²) >= 11 is 0. The molecule has 17 heavy (non-hydrogen) atoms. The van der Waals surface area contributed by atoms with Crippen molar-refractivity contribution >= 4 is 0 Å². The number of nitrogens with zero attached hydrogens (tertiary/aromatic N) is 3. The quantitative estimate of drug-likeness (QED) is 0.854. The van der Waals surface area contributed by atoms with E-state index in [1.54, 1.807) is 0 Å². The molecule has 2 atom stereocenters. The summed E-state index contributed by atoms with van der Waals surface area (Å²) < 4.78 is 2.11. The van der Waals surface area contributed by atoms with Gasteiger partial charge in [-0.15, -0.1) is 0 Å². The van der Waals surface area contributed by atoms with E-state index >= 15 is 0 Å². The van der Waals surface area contributed by atoms with Gasteiger partial charge in [-0.3, -0.25) is 4.90 Å². The number of hydrogen-bond acceptors (Lipinski definition) is 3. The third-order valence-corrected chi connectivity index (χ3v) is 3.91. The SMILES string of the molecule is CCC(C)C1CN(Cc2nccn2C)CCN1. The second kappa shape index (κ2) is 5.65. The Hall–Kier alpha value is -0.870. The van der Waals surface area contributed by atoms with Crippen LogP contribution >= 0.6 is 0 Å². The highest BCUT2D eigenvalue weighted by Gasteiger charge is 2.23. The van der Waals surface area contributed by atoms with E-state index in [0.29, 0.717) is 6.04 Å². The molecule has 1 saturated heterocycles. The number of aryl methyl sites for hydroxylation is 1. The summed E-state index contributed by atoms with van der Waals surface area (Å²) in [5.41, 5.74) is 0. The second-order valence-corrected chi connectivity index (χ2v) is 5.14. The lowest BCUT2D eigenvalue weighted by Crippen LogP contribution is -2.52. The summed E-state index contributed by atoms with van der Waals surface area (Å²) in [7, 11) is 2.07. The van der Waals surface area contributed by atoms with Gasteiger partial charge in [-0.2, -0.15) is 0 Å². The van der Waals surface area contributed by atoms with Crippen LogP contribution in [0.1, 0.15) is 26.1 Å². The van der Waals surface area contributed by atoms with E-state index in [4.69, 9.17) is 0 Å². The number of hydrogen-bond donors (Lipinski definition) is 1. The summed E-state index contributed by atoms with van der Waals surface area (Å²) in [5, 5.41) is 3.63. The van der Waals surface area contributed by atoms with Gasteiger partial charge in [0.25, 0.3) is 0 Å². The van der Waals surface area contributed by atoms with Gasteiger partial charge in [-0.1, -0.05) is 20.3 Å². The van der Waals surface area contributed by atoms with E-state index in [0.717, 1.165) is 37.9 Å². The van der Waals surface area contributed by atoms with Crippen molar-refractivity contribution in [2.24, 2.45) is 13.0 Å². The highest BCUT2D eigenvalue weighted by atomic mass is 15.2. The fourth-order valence-electron chi connectivity index (χ4n) is 2.40. The molecule has 2 rings (SSSR count). The maximum absolute atomic E-state index is 4.40. The zero-order valence-electron chi connectivity index (χ0n) is 11.2. The molecule has 1 aliphatic heterocycles. The van der Waals surface area contributed by atoms with Gasteiger partial charge in [0.1, 0.15) is 5.82 Å². The minimum absolute atomic E-state index is 0.633. The topological polar surface area (TPSA) is 33.1 Å². The zero-order chi connectivity index (χ0) is 12.3. The number of nitrogens with one attached hydrogen (secondary N) is 1.